The minimum Gasteiger partial charge on any atom is -0.208 e. The smallest absolute Gasteiger partial charge is 0.164 e. The van der Waals surface area contributed by atoms with Gasteiger partial charge in [0.05, 0.1) is 0 Å². The predicted molar refractivity (Wildman–Crippen MR) is 164 cm³/mol. The van der Waals surface area contributed by atoms with Gasteiger partial charge in [-0.05, 0) is 56.9 Å². The standard InChI is InChI=1S/C35H22BrN3/c36-29-21-27(32-30-17-9-7-15-25(30)19-26-16-8-10-18-31(26)32)20-28(22-29)35-38-33(23-11-3-1-4-12-23)37-34(39-35)24-13-5-2-6-14-24/h1-22H. The highest BCUT2D eigenvalue weighted by Gasteiger charge is 2.16. The topological polar surface area (TPSA) is 38.7 Å². The summed E-state index contributed by atoms with van der Waals surface area (Å²) in [5.41, 5.74) is 5.14. The summed E-state index contributed by atoms with van der Waals surface area (Å²) in [5, 5.41) is 4.85. The molecule has 0 atom stereocenters. The fraction of sp³-hybridized carbons (Fsp3) is 0. The van der Waals surface area contributed by atoms with Crippen molar-refractivity contribution < 1.29 is 0 Å². The molecule has 7 rings (SSSR count). The van der Waals surface area contributed by atoms with Gasteiger partial charge in [0.2, 0.25) is 0 Å². The molecular weight excluding hydrogens is 542 g/mol. The van der Waals surface area contributed by atoms with Crippen LogP contribution in [0.2, 0.25) is 0 Å². The van der Waals surface area contributed by atoms with Crippen LogP contribution in [-0.2, 0) is 0 Å². The molecule has 0 radical (unpaired) electrons. The lowest BCUT2D eigenvalue weighted by Crippen LogP contribution is -2.00. The van der Waals surface area contributed by atoms with E-state index in [0.29, 0.717) is 17.5 Å². The van der Waals surface area contributed by atoms with Crippen LogP contribution in [0.5, 0.6) is 0 Å². The number of hydrogen-bond acceptors (Lipinski definition) is 3. The molecule has 0 aliphatic rings. The molecule has 184 valence electrons. The Kier molecular flexibility index (Phi) is 5.95. The minimum atomic E-state index is 0.634. The van der Waals surface area contributed by atoms with Gasteiger partial charge in [-0.25, -0.2) is 15.0 Å². The van der Waals surface area contributed by atoms with Crippen molar-refractivity contribution in [3.8, 4) is 45.3 Å². The van der Waals surface area contributed by atoms with Crippen molar-refractivity contribution in [2.24, 2.45) is 0 Å². The van der Waals surface area contributed by atoms with Gasteiger partial charge in [-0.1, -0.05) is 125 Å². The van der Waals surface area contributed by atoms with Crippen LogP contribution < -0.4 is 0 Å². The van der Waals surface area contributed by atoms with Gasteiger partial charge in [0, 0.05) is 21.2 Å². The Bertz CT molecular complexity index is 1860. The SMILES string of the molecule is Brc1cc(-c2nc(-c3ccccc3)nc(-c3ccccc3)n2)cc(-c2c3ccccc3cc3ccccc23)c1. The second-order valence-electron chi connectivity index (χ2n) is 9.46. The number of nitrogens with zero attached hydrogens (tertiary/aromatic N) is 3. The van der Waals surface area contributed by atoms with Crippen LogP contribution in [0.4, 0.5) is 0 Å². The van der Waals surface area contributed by atoms with Crippen LogP contribution in [0.3, 0.4) is 0 Å². The first-order chi connectivity index (χ1) is 19.2. The molecule has 1 heterocycles. The third-order valence-corrected chi connectivity index (χ3v) is 7.37. The fourth-order valence-corrected chi connectivity index (χ4v) is 5.62. The molecule has 4 heteroatoms. The Morgan fingerprint density at radius 1 is 0.385 bits per heavy atom. The fourth-order valence-electron chi connectivity index (χ4n) is 5.13. The zero-order valence-corrected chi connectivity index (χ0v) is 22.5. The van der Waals surface area contributed by atoms with E-state index in [0.717, 1.165) is 26.7 Å². The second kappa shape index (κ2) is 9.90. The second-order valence-corrected chi connectivity index (χ2v) is 10.4. The first-order valence-corrected chi connectivity index (χ1v) is 13.6. The summed E-state index contributed by atoms with van der Waals surface area (Å²) in [4.78, 5) is 14.8. The normalized spacial score (nSPS) is 11.2. The molecule has 3 nitrogen and oxygen atoms in total. The number of rotatable bonds is 4. The summed E-state index contributed by atoms with van der Waals surface area (Å²) in [7, 11) is 0. The van der Waals surface area contributed by atoms with Crippen LogP contribution in [-0.4, -0.2) is 15.0 Å². The monoisotopic (exact) mass is 563 g/mol. The van der Waals surface area contributed by atoms with Crippen molar-refractivity contribution in [1.29, 1.82) is 0 Å². The summed E-state index contributed by atoms with van der Waals surface area (Å²) in [6.07, 6.45) is 0. The van der Waals surface area contributed by atoms with E-state index >= 15 is 0 Å². The maximum Gasteiger partial charge on any atom is 0.164 e. The van der Waals surface area contributed by atoms with Crippen LogP contribution in [0, 0.1) is 0 Å². The average molecular weight is 564 g/mol. The summed E-state index contributed by atoms with van der Waals surface area (Å²) in [6, 6.07) is 46.0. The lowest BCUT2D eigenvalue weighted by atomic mass is 9.91. The van der Waals surface area contributed by atoms with Crippen LogP contribution in [0.25, 0.3) is 66.8 Å². The minimum absolute atomic E-state index is 0.634. The molecule has 0 aliphatic heterocycles. The third-order valence-electron chi connectivity index (χ3n) is 6.92. The quantitative estimate of drug-likeness (QED) is 0.200. The van der Waals surface area contributed by atoms with Gasteiger partial charge in [-0.15, -0.1) is 0 Å². The molecule has 0 saturated heterocycles. The Morgan fingerprint density at radius 2 is 0.821 bits per heavy atom. The number of aromatic nitrogens is 3. The lowest BCUT2D eigenvalue weighted by Gasteiger charge is -2.14. The third kappa shape index (κ3) is 4.49. The van der Waals surface area contributed by atoms with E-state index in [1.54, 1.807) is 0 Å². The number of halogens is 1. The molecule has 0 aliphatic carbocycles. The molecule has 0 bridgehead atoms. The maximum atomic E-state index is 4.96. The van der Waals surface area contributed by atoms with E-state index in [4.69, 9.17) is 15.0 Å². The van der Waals surface area contributed by atoms with Gasteiger partial charge in [-0.2, -0.15) is 0 Å². The molecule has 6 aromatic carbocycles. The van der Waals surface area contributed by atoms with Gasteiger partial charge in [0.1, 0.15) is 0 Å². The lowest BCUT2D eigenvalue weighted by molar-refractivity contribution is 1.07. The van der Waals surface area contributed by atoms with Gasteiger partial charge < -0.3 is 0 Å². The highest BCUT2D eigenvalue weighted by molar-refractivity contribution is 9.10. The van der Waals surface area contributed by atoms with Gasteiger partial charge in [-0.3, -0.25) is 0 Å². The molecule has 0 saturated carbocycles. The molecule has 39 heavy (non-hydrogen) atoms. The van der Waals surface area contributed by atoms with Crippen molar-refractivity contribution in [3.05, 3.63) is 138 Å². The van der Waals surface area contributed by atoms with Crippen molar-refractivity contribution in [2.45, 2.75) is 0 Å². The molecule has 0 spiro atoms. The molecular formula is C35H22BrN3. The largest absolute Gasteiger partial charge is 0.208 e. The highest BCUT2D eigenvalue weighted by atomic mass is 79.9. The average Bonchev–Trinajstić information content (AvgIpc) is 3.00. The van der Waals surface area contributed by atoms with Crippen molar-refractivity contribution in [3.63, 3.8) is 0 Å². The van der Waals surface area contributed by atoms with E-state index in [-0.39, 0.29) is 0 Å². The molecule has 0 N–H and O–H groups in total. The molecule has 0 unspecified atom stereocenters. The predicted octanol–water partition coefficient (Wildman–Crippen LogP) is 9.61. The highest BCUT2D eigenvalue weighted by Crippen LogP contribution is 2.39. The zero-order valence-electron chi connectivity index (χ0n) is 20.9. The molecule has 0 amide bonds. The summed E-state index contributed by atoms with van der Waals surface area (Å²) in [5.74, 6) is 1.93. The van der Waals surface area contributed by atoms with Crippen molar-refractivity contribution >= 4 is 37.5 Å². The van der Waals surface area contributed by atoms with E-state index in [9.17, 15) is 0 Å². The first-order valence-electron chi connectivity index (χ1n) is 12.8. The number of benzene rings is 6. The maximum absolute atomic E-state index is 4.96. The Balaban J connectivity index is 1.48. The number of fused-ring (bicyclic) bond motifs is 2. The van der Waals surface area contributed by atoms with E-state index in [1.807, 2.05) is 60.7 Å². The summed E-state index contributed by atoms with van der Waals surface area (Å²) < 4.78 is 0.968. The van der Waals surface area contributed by atoms with Crippen LogP contribution in [0.1, 0.15) is 0 Å². The van der Waals surface area contributed by atoms with Crippen LogP contribution in [0.15, 0.2) is 138 Å². The molecule has 0 fully saturated rings. The Hall–Kier alpha value is -4.67. The van der Waals surface area contributed by atoms with Gasteiger partial charge in [0.15, 0.2) is 17.5 Å². The van der Waals surface area contributed by atoms with Gasteiger partial charge >= 0.3 is 0 Å². The molecule has 7 aromatic rings. The van der Waals surface area contributed by atoms with E-state index in [2.05, 4.69) is 88.7 Å². The summed E-state index contributed by atoms with van der Waals surface area (Å²) >= 11 is 3.79. The zero-order chi connectivity index (χ0) is 26.2. The Morgan fingerprint density at radius 3 is 1.36 bits per heavy atom. The Labute approximate surface area is 235 Å². The first kappa shape index (κ1) is 23.4. The van der Waals surface area contributed by atoms with Crippen molar-refractivity contribution in [2.75, 3.05) is 0 Å². The van der Waals surface area contributed by atoms with Crippen molar-refractivity contribution in [1.82, 2.24) is 15.0 Å². The summed E-state index contributed by atoms with van der Waals surface area (Å²) in [6.45, 7) is 0. The van der Waals surface area contributed by atoms with E-state index < -0.39 is 0 Å². The molecule has 1 aromatic heterocycles. The van der Waals surface area contributed by atoms with E-state index in [1.165, 1.54) is 27.1 Å². The number of hydrogen-bond donors (Lipinski definition) is 0. The van der Waals surface area contributed by atoms with Gasteiger partial charge in [0.25, 0.3) is 0 Å². The van der Waals surface area contributed by atoms with Crippen LogP contribution >= 0.6 is 15.9 Å².